The lowest BCUT2D eigenvalue weighted by Gasteiger charge is -2.20. The number of hydrogen-bond acceptors (Lipinski definition) is 5. The summed E-state index contributed by atoms with van der Waals surface area (Å²) < 4.78 is 5.50. The maximum Gasteiger partial charge on any atom is 0.305 e. The minimum atomic E-state index is -0.843. The number of allylic oxidation sites excluding steroid dienone is 5. The first kappa shape index (κ1) is 84.1. The number of aliphatic hydroxyl groups excluding tert-OH is 2. The molecule has 508 valence electrons. The van der Waals surface area contributed by atoms with E-state index in [2.05, 4.69) is 43.5 Å². The van der Waals surface area contributed by atoms with Gasteiger partial charge in [-0.3, -0.25) is 9.59 Å². The molecule has 1 amide bonds. The molecule has 0 radical (unpaired) electrons. The Morgan fingerprint density at radius 1 is 0.326 bits per heavy atom. The van der Waals surface area contributed by atoms with Crippen molar-refractivity contribution in [1.29, 1.82) is 0 Å². The van der Waals surface area contributed by atoms with E-state index >= 15 is 0 Å². The van der Waals surface area contributed by atoms with Gasteiger partial charge in [-0.05, 0) is 64.2 Å². The first-order valence-corrected chi connectivity index (χ1v) is 39.3. The number of unbranched alkanes of at least 4 members (excludes halogenated alkanes) is 59. The lowest BCUT2D eigenvalue weighted by molar-refractivity contribution is -0.143. The zero-order chi connectivity index (χ0) is 62.0. The highest BCUT2D eigenvalue weighted by molar-refractivity contribution is 5.76. The molecule has 2 atom stereocenters. The Morgan fingerprint density at radius 3 is 0.895 bits per heavy atom. The molecular formula is C80H153NO5. The van der Waals surface area contributed by atoms with E-state index in [9.17, 15) is 19.8 Å². The quantitative estimate of drug-likeness (QED) is 0.0320. The van der Waals surface area contributed by atoms with Gasteiger partial charge in [0.2, 0.25) is 5.91 Å². The van der Waals surface area contributed by atoms with Crippen molar-refractivity contribution in [1.82, 2.24) is 5.32 Å². The second-order valence-electron chi connectivity index (χ2n) is 27.0. The van der Waals surface area contributed by atoms with Crippen molar-refractivity contribution in [2.75, 3.05) is 13.2 Å². The molecule has 0 aliphatic rings. The summed E-state index contributed by atoms with van der Waals surface area (Å²) in [4.78, 5) is 24.6. The largest absolute Gasteiger partial charge is 0.466 e. The molecule has 0 saturated heterocycles. The molecule has 0 fully saturated rings. The van der Waals surface area contributed by atoms with Crippen LogP contribution in [0.15, 0.2) is 36.5 Å². The SMILES string of the molecule is CCCCCC/C=C\C/C=C\CCCCCCCC(=O)OCCCCCCCCCCCCCCCCCCCCCCCCCCCCCCCCCC(=O)NC(CO)C(O)/C=C/CCCCCCCCCCCCCCCCCCCCCC. The third-order valence-electron chi connectivity index (χ3n) is 18.4. The summed E-state index contributed by atoms with van der Waals surface area (Å²) in [6.45, 7) is 4.93. The summed E-state index contributed by atoms with van der Waals surface area (Å²) in [7, 11) is 0. The van der Waals surface area contributed by atoms with Crippen molar-refractivity contribution in [3.63, 3.8) is 0 Å². The zero-order valence-corrected chi connectivity index (χ0v) is 58.3. The predicted octanol–water partition coefficient (Wildman–Crippen LogP) is 25.8. The van der Waals surface area contributed by atoms with E-state index in [0.29, 0.717) is 19.4 Å². The number of rotatable bonds is 74. The summed E-state index contributed by atoms with van der Waals surface area (Å²) >= 11 is 0. The summed E-state index contributed by atoms with van der Waals surface area (Å²) in [6, 6.07) is -0.626. The Kier molecular flexibility index (Phi) is 73.9. The van der Waals surface area contributed by atoms with Crippen LogP contribution in [-0.4, -0.2) is 47.4 Å². The second-order valence-corrected chi connectivity index (χ2v) is 27.0. The van der Waals surface area contributed by atoms with Gasteiger partial charge in [-0.2, -0.15) is 0 Å². The van der Waals surface area contributed by atoms with Gasteiger partial charge in [0.15, 0.2) is 0 Å². The van der Waals surface area contributed by atoms with E-state index in [1.165, 1.54) is 360 Å². The monoisotopic (exact) mass is 1210 g/mol. The Morgan fingerprint density at radius 2 is 0.581 bits per heavy atom. The van der Waals surface area contributed by atoms with Crippen molar-refractivity contribution in [3.05, 3.63) is 36.5 Å². The summed E-state index contributed by atoms with van der Waals surface area (Å²) in [5, 5.41) is 23.3. The van der Waals surface area contributed by atoms with Crippen LogP contribution >= 0.6 is 0 Å². The number of amides is 1. The Balaban J connectivity index is 3.36. The molecule has 0 rings (SSSR count). The maximum absolute atomic E-state index is 12.5. The van der Waals surface area contributed by atoms with Crippen LogP contribution in [-0.2, 0) is 14.3 Å². The molecule has 0 aromatic heterocycles. The fraction of sp³-hybridized carbons (Fsp3) is 0.900. The maximum atomic E-state index is 12.5. The van der Waals surface area contributed by atoms with E-state index in [1.54, 1.807) is 6.08 Å². The molecular weight excluding hydrogens is 1050 g/mol. The highest BCUT2D eigenvalue weighted by Gasteiger charge is 2.18. The lowest BCUT2D eigenvalue weighted by atomic mass is 10.0. The predicted molar refractivity (Wildman–Crippen MR) is 379 cm³/mol. The van der Waals surface area contributed by atoms with E-state index < -0.39 is 12.1 Å². The number of aliphatic hydroxyl groups is 2. The second kappa shape index (κ2) is 75.5. The normalized spacial score (nSPS) is 12.7. The molecule has 0 heterocycles. The molecule has 3 N–H and O–H groups in total. The minimum Gasteiger partial charge on any atom is -0.466 e. The Bertz CT molecular complexity index is 1390. The summed E-state index contributed by atoms with van der Waals surface area (Å²) in [5.41, 5.74) is 0. The van der Waals surface area contributed by atoms with Gasteiger partial charge in [0.25, 0.3) is 0 Å². The van der Waals surface area contributed by atoms with Gasteiger partial charge in [-0.15, -0.1) is 0 Å². The van der Waals surface area contributed by atoms with Gasteiger partial charge in [0, 0.05) is 12.8 Å². The molecule has 6 nitrogen and oxygen atoms in total. The first-order chi connectivity index (χ1) is 42.5. The smallest absolute Gasteiger partial charge is 0.305 e. The average molecular weight is 1210 g/mol. The number of nitrogens with one attached hydrogen (secondary N) is 1. The molecule has 0 spiro atoms. The molecule has 0 saturated carbocycles. The zero-order valence-electron chi connectivity index (χ0n) is 58.3. The molecule has 0 aliphatic heterocycles. The van der Waals surface area contributed by atoms with E-state index in [-0.39, 0.29) is 18.5 Å². The molecule has 0 aliphatic carbocycles. The van der Waals surface area contributed by atoms with Gasteiger partial charge in [0.1, 0.15) is 0 Å². The first-order valence-electron chi connectivity index (χ1n) is 39.3. The Hall–Kier alpha value is -1.92. The Labute approximate surface area is 538 Å². The van der Waals surface area contributed by atoms with Crippen LogP contribution < -0.4 is 5.32 Å². The number of hydrogen-bond donors (Lipinski definition) is 3. The van der Waals surface area contributed by atoms with Gasteiger partial charge in [-0.1, -0.05) is 397 Å². The molecule has 0 aromatic rings. The third kappa shape index (κ3) is 71.2. The highest BCUT2D eigenvalue weighted by atomic mass is 16.5. The average Bonchev–Trinajstić information content (AvgIpc) is 3.54. The van der Waals surface area contributed by atoms with Crippen LogP contribution in [0.2, 0.25) is 0 Å². The molecule has 86 heavy (non-hydrogen) atoms. The molecule has 0 aromatic carbocycles. The molecule has 2 unspecified atom stereocenters. The van der Waals surface area contributed by atoms with Gasteiger partial charge in [0.05, 0.1) is 25.4 Å². The minimum absolute atomic E-state index is 0.00758. The topological polar surface area (TPSA) is 95.9 Å². The van der Waals surface area contributed by atoms with E-state index in [0.717, 1.165) is 51.4 Å². The fourth-order valence-electron chi connectivity index (χ4n) is 12.4. The number of carbonyl (C=O) groups excluding carboxylic acids is 2. The summed E-state index contributed by atoms with van der Waals surface area (Å²) in [6.07, 6.45) is 98.3. The number of ether oxygens (including phenoxy) is 1. The van der Waals surface area contributed by atoms with Gasteiger partial charge < -0.3 is 20.3 Å². The van der Waals surface area contributed by atoms with Crippen LogP contribution in [0.25, 0.3) is 0 Å². The summed E-state index contributed by atoms with van der Waals surface area (Å²) in [5.74, 6) is -0.0516. The van der Waals surface area contributed by atoms with Crippen LogP contribution in [0.1, 0.15) is 438 Å². The van der Waals surface area contributed by atoms with Crippen molar-refractivity contribution < 1.29 is 24.5 Å². The van der Waals surface area contributed by atoms with Gasteiger partial charge in [-0.25, -0.2) is 0 Å². The van der Waals surface area contributed by atoms with Crippen molar-refractivity contribution in [3.8, 4) is 0 Å². The van der Waals surface area contributed by atoms with Crippen LogP contribution in [0.4, 0.5) is 0 Å². The molecule has 6 heteroatoms. The van der Waals surface area contributed by atoms with Crippen LogP contribution in [0.5, 0.6) is 0 Å². The molecule has 0 bridgehead atoms. The highest BCUT2D eigenvalue weighted by Crippen LogP contribution is 2.20. The van der Waals surface area contributed by atoms with E-state index in [4.69, 9.17) is 4.74 Å². The third-order valence-corrected chi connectivity index (χ3v) is 18.4. The van der Waals surface area contributed by atoms with E-state index in [1.807, 2.05) is 6.08 Å². The standard InChI is InChI=1S/C80H153NO5/c1-3-5-7-9-11-13-15-17-19-21-22-23-35-38-41-44-48-52-56-60-64-68-72-78(83)77(76-82)81-79(84)73-69-65-61-57-53-49-45-42-39-36-33-31-29-27-25-24-26-28-30-32-34-37-40-43-47-51-55-59-63-67-71-75-86-80(85)74-70-66-62-58-54-50-46-20-18-16-14-12-10-8-6-4-2/h14,16,20,46,68,72,77-78,82-83H,3-13,15,17-19,21-45,47-67,69-71,73-76H2,1-2H3,(H,81,84)/b16-14-,46-20-,72-68+. The van der Waals surface area contributed by atoms with Crippen LogP contribution in [0.3, 0.4) is 0 Å². The van der Waals surface area contributed by atoms with Crippen molar-refractivity contribution in [2.24, 2.45) is 0 Å². The van der Waals surface area contributed by atoms with Crippen molar-refractivity contribution >= 4 is 11.9 Å². The van der Waals surface area contributed by atoms with Crippen LogP contribution in [0, 0.1) is 0 Å². The number of carbonyl (C=O) groups is 2. The number of esters is 1. The fourth-order valence-corrected chi connectivity index (χ4v) is 12.4. The van der Waals surface area contributed by atoms with Crippen molar-refractivity contribution in [2.45, 2.75) is 450 Å². The van der Waals surface area contributed by atoms with Gasteiger partial charge >= 0.3 is 5.97 Å². The lowest BCUT2D eigenvalue weighted by Crippen LogP contribution is -2.45.